The summed E-state index contributed by atoms with van der Waals surface area (Å²) in [5, 5.41) is 16.6. The molecule has 0 saturated heterocycles. The van der Waals surface area contributed by atoms with Gasteiger partial charge in [0.1, 0.15) is 0 Å². The number of amides is 1. The van der Waals surface area contributed by atoms with Crippen molar-refractivity contribution in [3.8, 4) is 0 Å². The minimum atomic E-state index is -1.25. The lowest BCUT2D eigenvalue weighted by atomic mass is 9.94. The van der Waals surface area contributed by atoms with Gasteiger partial charge < -0.3 is 5.11 Å². The third-order valence-corrected chi connectivity index (χ3v) is 3.61. The molecule has 19 heavy (non-hydrogen) atoms. The lowest BCUT2D eigenvalue weighted by Gasteiger charge is -2.34. The molecule has 1 aliphatic heterocycles. The van der Waals surface area contributed by atoms with Gasteiger partial charge >= 0.3 is 0 Å². The maximum atomic E-state index is 12.4. The lowest BCUT2D eigenvalue weighted by Crippen LogP contribution is -2.49. The first kappa shape index (κ1) is 14.0. The van der Waals surface area contributed by atoms with Crippen LogP contribution in [0.4, 0.5) is 0 Å². The third-order valence-electron chi connectivity index (χ3n) is 3.36. The van der Waals surface area contributed by atoms with Crippen molar-refractivity contribution in [2.24, 2.45) is 11.0 Å². The van der Waals surface area contributed by atoms with E-state index in [0.717, 1.165) is 5.71 Å². The summed E-state index contributed by atoms with van der Waals surface area (Å²) in [6, 6.07) is 6.56. The van der Waals surface area contributed by atoms with Gasteiger partial charge in [0.05, 0.1) is 0 Å². The Hall–Kier alpha value is -1.39. The van der Waals surface area contributed by atoms with Crippen molar-refractivity contribution in [3.05, 3.63) is 34.9 Å². The van der Waals surface area contributed by atoms with Crippen molar-refractivity contribution in [1.29, 1.82) is 0 Å². The maximum absolute atomic E-state index is 12.4. The summed E-state index contributed by atoms with van der Waals surface area (Å²) in [5.41, 5.74) is -0.0405. The first-order valence-electron chi connectivity index (χ1n) is 6.21. The first-order valence-corrected chi connectivity index (χ1v) is 6.59. The van der Waals surface area contributed by atoms with Gasteiger partial charge in [0.25, 0.3) is 5.91 Å². The number of rotatable bonds is 2. The zero-order chi connectivity index (χ0) is 14.2. The van der Waals surface area contributed by atoms with E-state index in [1.54, 1.807) is 24.3 Å². The SMILES string of the molecule is CC1=NN(C(=O)c2ccc(Cl)cc2)[C@@](O)(C(C)C)C1. The van der Waals surface area contributed by atoms with Crippen LogP contribution < -0.4 is 0 Å². The Kier molecular flexibility index (Phi) is 3.65. The van der Waals surface area contributed by atoms with E-state index < -0.39 is 5.72 Å². The van der Waals surface area contributed by atoms with E-state index in [1.165, 1.54) is 5.01 Å². The predicted molar refractivity (Wildman–Crippen MR) is 75.1 cm³/mol. The van der Waals surface area contributed by atoms with Crippen LogP contribution in [0.2, 0.25) is 5.02 Å². The lowest BCUT2D eigenvalue weighted by molar-refractivity contribution is -0.103. The number of benzene rings is 1. The molecule has 0 bridgehead atoms. The quantitative estimate of drug-likeness (QED) is 0.906. The highest BCUT2D eigenvalue weighted by molar-refractivity contribution is 6.30. The van der Waals surface area contributed by atoms with Gasteiger partial charge in [-0.1, -0.05) is 25.4 Å². The summed E-state index contributed by atoms with van der Waals surface area (Å²) in [6.45, 7) is 5.55. The summed E-state index contributed by atoms with van der Waals surface area (Å²) in [7, 11) is 0. The highest BCUT2D eigenvalue weighted by atomic mass is 35.5. The van der Waals surface area contributed by atoms with Gasteiger partial charge in [-0.05, 0) is 31.2 Å². The maximum Gasteiger partial charge on any atom is 0.276 e. The van der Waals surface area contributed by atoms with E-state index in [9.17, 15) is 9.90 Å². The predicted octanol–water partition coefficient (Wildman–Crippen LogP) is 2.91. The van der Waals surface area contributed by atoms with Crippen molar-refractivity contribution < 1.29 is 9.90 Å². The summed E-state index contributed by atoms with van der Waals surface area (Å²) < 4.78 is 0. The molecule has 1 aromatic rings. The molecular weight excluding hydrogens is 264 g/mol. The monoisotopic (exact) mass is 280 g/mol. The zero-order valence-corrected chi connectivity index (χ0v) is 12.0. The molecule has 1 aromatic carbocycles. The Balaban J connectivity index is 2.34. The molecule has 1 heterocycles. The van der Waals surface area contributed by atoms with Gasteiger partial charge in [0.15, 0.2) is 5.72 Å². The fraction of sp³-hybridized carbons (Fsp3) is 0.429. The smallest absolute Gasteiger partial charge is 0.276 e. The van der Waals surface area contributed by atoms with Crippen LogP contribution in [0.15, 0.2) is 29.4 Å². The Bertz CT molecular complexity index is 525. The van der Waals surface area contributed by atoms with Crippen LogP contribution >= 0.6 is 11.6 Å². The molecule has 0 aliphatic carbocycles. The summed E-state index contributed by atoms with van der Waals surface area (Å²) >= 11 is 5.80. The average Bonchev–Trinajstić information content (AvgIpc) is 2.66. The Morgan fingerprint density at radius 1 is 1.42 bits per heavy atom. The molecule has 2 rings (SSSR count). The molecule has 5 heteroatoms. The molecule has 1 amide bonds. The topological polar surface area (TPSA) is 52.9 Å². The van der Waals surface area contributed by atoms with Crippen LogP contribution in [0, 0.1) is 5.92 Å². The second kappa shape index (κ2) is 4.94. The number of hydrazone groups is 1. The largest absolute Gasteiger partial charge is 0.368 e. The van der Waals surface area contributed by atoms with Crippen molar-refractivity contribution in [2.75, 3.05) is 0 Å². The second-order valence-corrected chi connectivity index (χ2v) is 5.61. The van der Waals surface area contributed by atoms with Crippen molar-refractivity contribution in [2.45, 2.75) is 32.9 Å². The molecule has 0 fully saturated rings. The number of carbonyl (C=O) groups excluding carboxylic acids is 1. The van der Waals surface area contributed by atoms with Crippen LogP contribution in [0.3, 0.4) is 0 Å². The van der Waals surface area contributed by atoms with E-state index in [4.69, 9.17) is 11.6 Å². The van der Waals surface area contributed by atoms with Gasteiger partial charge in [-0.15, -0.1) is 0 Å². The molecule has 0 spiro atoms. The highest BCUT2D eigenvalue weighted by Gasteiger charge is 2.45. The summed E-state index contributed by atoms with van der Waals surface area (Å²) in [5.74, 6) is -0.422. The average molecular weight is 281 g/mol. The molecule has 0 radical (unpaired) electrons. The fourth-order valence-corrected chi connectivity index (χ4v) is 2.25. The van der Waals surface area contributed by atoms with Gasteiger partial charge in [0.2, 0.25) is 0 Å². The number of halogens is 1. The molecule has 1 N–H and O–H groups in total. The van der Waals surface area contributed by atoms with Crippen LogP contribution in [0.25, 0.3) is 0 Å². The van der Waals surface area contributed by atoms with Gasteiger partial charge in [-0.3, -0.25) is 4.79 Å². The molecule has 4 nitrogen and oxygen atoms in total. The van der Waals surface area contributed by atoms with Crippen LogP contribution in [0.5, 0.6) is 0 Å². The number of nitrogens with zero attached hydrogens (tertiary/aromatic N) is 2. The molecule has 1 atom stereocenters. The van der Waals surface area contributed by atoms with Crippen molar-refractivity contribution >= 4 is 23.2 Å². The number of hydrogen-bond acceptors (Lipinski definition) is 3. The van der Waals surface area contributed by atoms with Crippen LogP contribution in [0.1, 0.15) is 37.6 Å². The molecular formula is C14H17ClN2O2. The highest BCUT2D eigenvalue weighted by Crippen LogP contribution is 2.33. The number of aliphatic hydroxyl groups is 1. The minimum absolute atomic E-state index is 0.107. The number of carbonyl (C=O) groups is 1. The van der Waals surface area contributed by atoms with Crippen molar-refractivity contribution in [1.82, 2.24) is 5.01 Å². The standard InChI is InChI=1S/C14H17ClN2O2/c1-9(2)14(19)8-10(3)16-17(14)13(18)11-4-6-12(15)7-5-11/h4-7,9,19H,8H2,1-3H3/t14-/m0/s1. The Morgan fingerprint density at radius 2 is 2.00 bits per heavy atom. The summed E-state index contributed by atoms with van der Waals surface area (Å²) in [6.07, 6.45) is 0.379. The molecule has 0 saturated carbocycles. The molecule has 102 valence electrons. The van der Waals surface area contributed by atoms with Crippen molar-refractivity contribution in [3.63, 3.8) is 0 Å². The third kappa shape index (κ3) is 2.51. The Morgan fingerprint density at radius 3 is 2.53 bits per heavy atom. The minimum Gasteiger partial charge on any atom is -0.368 e. The van der Waals surface area contributed by atoms with E-state index in [2.05, 4.69) is 5.10 Å². The first-order chi connectivity index (χ1) is 8.84. The van der Waals surface area contributed by atoms with E-state index in [0.29, 0.717) is 17.0 Å². The molecule has 0 unspecified atom stereocenters. The van der Waals surface area contributed by atoms with Crippen LogP contribution in [-0.4, -0.2) is 27.5 Å². The second-order valence-electron chi connectivity index (χ2n) is 5.17. The van der Waals surface area contributed by atoms with Gasteiger partial charge in [-0.25, -0.2) is 0 Å². The van der Waals surface area contributed by atoms with E-state index in [1.807, 2.05) is 20.8 Å². The van der Waals surface area contributed by atoms with E-state index >= 15 is 0 Å². The fourth-order valence-electron chi connectivity index (χ4n) is 2.13. The summed E-state index contributed by atoms with van der Waals surface area (Å²) in [4.78, 5) is 12.4. The van der Waals surface area contributed by atoms with E-state index in [-0.39, 0.29) is 11.8 Å². The zero-order valence-electron chi connectivity index (χ0n) is 11.2. The van der Waals surface area contributed by atoms with Gasteiger partial charge in [-0.2, -0.15) is 10.1 Å². The molecule has 1 aliphatic rings. The van der Waals surface area contributed by atoms with Gasteiger partial charge in [0, 0.05) is 28.6 Å². The Labute approximate surface area is 117 Å². The number of hydrogen-bond donors (Lipinski definition) is 1. The van der Waals surface area contributed by atoms with Crippen LogP contribution in [-0.2, 0) is 0 Å². The normalized spacial score (nSPS) is 22.8. The molecule has 0 aromatic heterocycles.